The number of pyridine rings is 1. The van der Waals surface area contributed by atoms with Crippen LogP contribution in [0.1, 0.15) is 54.6 Å². The Hall–Kier alpha value is -3.16. The Morgan fingerprint density at radius 1 is 1.28 bits per heavy atom. The van der Waals surface area contributed by atoms with Crippen LogP contribution in [-0.4, -0.2) is 49.2 Å². The van der Waals surface area contributed by atoms with Gasteiger partial charge in [0, 0.05) is 18.2 Å². The van der Waals surface area contributed by atoms with Gasteiger partial charge in [0.1, 0.15) is 17.6 Å². The summed E-state index contributed by atoms with van der Waals surface area (Å²) in [5.41, 5.74) is 2.45. The van der Waals surface area contributed by atoms with E-state index in [4.69, 9.17) is 9.40 Å². The highest BCUT2D eigenvalue weighted by Gasteiger charge is 2.35. The lowest BCUT2D eigenvalue weighted by Gasteiger charge is -2.22. The minimum absolute atomic E-state index is 0.0592. The molecule has 1 unspecified atom stereocenters. The number of carbonyl (C=O) groups is 2. The molecule has 4 rings (SSSR count). The Morgan fingerprint density at radius 2 is 2.03 bits per heavy atom. The Kier molecular flexibility index (Phi) is 4.64. The number of aliphatic carboxylic acids is 1. The lowest BCUT2D eigenvalue weighted by atomic mass is 10.1. The van der Waals surface area contributed by atoms with Crippen molar-refractivity contribution in [3.05, 3.63) is 35.4 Å². The molecular formula is C21H24N4O4. The Bertz CT molecular complexity index is 1110. The number of nitrogens with zero attached hydrogens (tertiary/aromatic N) is 4. The molecule has 1 atom stereocenters. The molecule has 3 aromatic heterocycles. The van der Waals surface area contributed by atoms with E-state index >= 15 is 0 Å². The monoisotopic (exact) mass is 396 g/mol. The van der Waals surface area contributed by atoms with Crippen LogP contribution in [0.3, 0.4) is 0 Å². The van der Waals surface area contributed by atoms with Crippen LogP contribution >= 0.6 is 0 Å². The van der Waals surface area contributed by atoms with E-state index in [1.54, 1.807) is 16.9 Å². The average molecular weight is 396 g/mol. The number of aromatic nitrogens is 3. The quantitative estimate of drug-likeness (QED) is 0.723. The van der Waals surface area contributed by atoms with Gasteiger partial charge in [0.25, 0.3) is 5.91 Å². The van der Waals surface area contributed by atoms with Crippen molar-refractivity contribution in [1.29, 1.82) is 0 Å². The predicted molar refractivity (Wildman–Crippen MR) is 107 cm³/mol. The third-order valence-corrected chi connectivity index (χ3v) is 5.40. The van der Waals surface area contributed by atoms with Crippen LogP contribution in [0.4, 0.5) is 0 Å². The van der Waals surface area contributed by atoms with Crippen molar-refractivity contribution in [2.24, 2.45) is 0 Å². The third kappa shape index (κ3) is 3.18. The summed E-state index contributed by atoms with van der Waals surface area (Å²) in [4.78, 5) is 31.2. The largest absolute Gasteiger partial charge is 0.480 e. The normalized spacial score (nSPS) is 16.9. The van der Waals surface area contributed by atoms with Crippen LogP contribution in [-0.2, 0) is 4.79 Å². The zero-order valence-corrected chi connectivity index (χ0v) is 17.0. The van der Waals surface area contributed by atoms with Crippen molar-refractivity contribution in [2.45, 2.75) is 52.6 Å². The second-order valence-electron chi connectivity index (χ2n) is 7.80. The van der Waals surface area contributed by atoms with Gasteiger partial charge in [0.2, 0.25) is 0 Å². The molecule has 29 heavy (non-hydrogen) atoms. The molecule has 4 heterocycles. The number of furan rings is 1. The average Bonchev–Trinajstić information content (AvgIpc) is 3.37. The topological polar surface area (TPSA) is 101 Å². The van der Waals surface area contributed by atoms with E-state index in [1.807, 2.05) is 33.8 Å². The number of likely N-dealkylation sites (tertiary alicyclic amines) is 1. The number of amides is 1. The van der Waals surface area contributed by atoms with Crippen molar-refractivity contribution < 1.29 is 19.1 Å². The zero-order valence-electron chi connectivity index (χ0n) is 17.0. The van der Waals surface area contributed by atoms with Crippen molar-refractivity contribution >= 4 is 22.9 Å². The SMILES string of the molecule is Cc1cc(-c2cc(C(=O)N3CCCC3C(=O)O)c3cnn(C(C)C)c3n2)c(C)o1. The summed E-state index contributed by atoms with van der Waals surface area (Å²) >= 11 is 0. The van der Waals surface area contributed by atoms with E-state index in [9.17, 15) is 14.7 Å². The molecule has 0 radical (unpaired) electrons. The molecule has 1 fully saturated rings. The van der Waals surface area contributed by atoms with E-state index in [0.29, 0.717) is 47.4 Å². The van der Waals surface area contributed by atoms with Gasteiger partial charge in [-0.2, -0.15) is 5.10 Å². The number of rotatable bonds is 4. The van der Waals surface area contributed by atoms with Crippen molar-refractivity contribution in [1.82, 2.24) is 19.7 Å². The molecule has 152 valence electrons. The number of aryl methyl sites for hydroxylation is 2. The summed E-state index contributed by atoms with van der Waals surface area (Å²) in [5.74, 6) is 0.202. The van der Waals surface area contributed by atoms with Crippen LogP contribution < -0.4 is 0 Å². The minimum Gasteiger partial charge on any atom is -0.480 e. The fraction of sp³-hybridized carbons (Fsp3) is 0.429. The predicted octanol–water partition coefficient (Wildman–Crippen LogP) is 3.58. The molecule has 8 nitrogen and oxygen atoms in total. The van der Waals surface area contributed by atoms with Gasteiger partial charge in [-0.15, -0.1) is 0 Å². The number of carboxylic acids is 1. The highest BCUT2D eigenvalue weighted by molar-refractivity contribution is 6.07. The van der Waals surface area contributed by atoms with Gasteiger partial charge in [-0.25, -0.2) is 14.5 Å². The molecule has 1 N–H and O–H groups in total. The van der Waals surface area contributed by atoms with Crippen LogP contribution in [0.25, 0.3) is 22.3 Å². The van der Waals surface area contributed by atoms with E-state index in [0.717, 1.165) is 11.3 Å². The molecule has 1 amide bonds. The molecule has 0 saturated carbocycles. The summed E-state index contributed by atoms with van der Waals surface area (Å²) in [7, 11) is 0. The van der Waals surface area contributed by atoms with Gasteiger partial charge < -0.3 is 14.4 Å². The third-order valence-electron chi connectivity index (χ3n) is 5.40. The lowest BCUT2D eigenvalue weighted by Crippen LogP contribution is -2.40. The zero-order chi connectivity index (χ0) is 20.9. The second kappa shape index (κ2) is 7.02. The van der Waals surface area contributed by atoms with Crippen LogP contribution in [0, 0.1) is 13.8 Å². The van der Waals surface area contributed by atoms with Crippen molar-refractivity contribution in [2.75, 3.05) is 6.54 Å². The molecule has 1 aliphatic rings. The highest BCUT2D eigenvalue weighted by Crippen LogP contribution is 2.31. The van der Waals surface area contributed by atoms with Crippen LogP contribution in [0.2, 0.25) is 0 Å². The van der Waals surface area contributed by atoms with Gasteiger partial charge in [-0.1, -0.05) is 0 Å². The fourth-order valence-electron chi connectivity index (χ4n) is 4.02. The molecule has 0 spiro atoms. The smallest absolute Gasteiger partial charge is 0.326 e. The molecule has 1 aliphatic heterocycles. The first-order chi connectivity index (χ1) is 13.8. The molecule has 0 bridgehead atoms. The maximum atomic E-state index is 13.4. The van der Waals surface area contributed by atoms with Gasteiger partial charge in [-0.05, 0) is 52.7 Å². The summed E-state index contributed by atoms with van der Waals surface area (Å²) in [6, 6.07) is 2.88. The van der Waals surface area contributed by atoms with Gasteiger partial charge in [-0.3, -0.25) is 4.79 Å². The number of hydrogen-bond donors (Lipinski definition) is 1. The summed E-state index contributed by atoms with van der Waals surface area (Å²) in [5, 5.41) is 14.6. The summed E-state index contributed by atoms with van der Waals surface area (Å²) < 4.78 is 7.43. The lowest BCUT2D eigenvalue weighted by molar-refractivity contribution is -0.141. The Labute approximate surface area is 168 Å². The number of carboxylic acid groups (broad SMARTS) is 1. The van der Waals surface area contributed by atoms with E-state index in [1.165, 1.54) is 4.90 Å². The Balaban J connectivity index is 1.91. The Morgan fingerprint density at radius 3 is 2.66 bits per heavy atom. The number of fused-ring (bicyclic) bond motifs is 1. The van der Waals surface area contributed by atoms with E-state index in [2.05, 4.69) is 5.10 Å². The van der Waals surface area contributed by atoms with Gasteiger partial charge in [0.05, 0.1) is 22.8 Å². The van der Waals surface area contributed by atoms with E-state index in [-0.39, 0.29) is 11.9 Å². The molecular weight excluding hydrogens is 372 g/mol. The summed E-state index contributed by atoms with van der Waals surface area (Å²) in [6.45, 7) is 8.14. The second-order valence-corrected chi connectivity index (χ2v) is 7.80. The van der Waals surface area contributed by atoms with Crippen LogP contribution in [0.5, 0.6) is 0 Å². The highest BCUT2D eigenvalue weighted by atomic mass is 16.4. The van der Waals surface area contributed by atoms with Crippen molar-refractivity contribution in [3.8, 4) is 11.3 Å². The first-order valence-corrected chi connectivity index (χ1v) is 9.77. The molecule has 0 aromatic carbocycles. The van der Waals surface area contributed by atoms with E-state index < -0.39 is 12.0 Å². The van der Waals surface area contributed by atoms with Gasteiger partial charge >= 0.3 is 5.97 Å². The minimum atomic E-state index is -0.972. The summed E-state index contributed by atoms with van der Waals surface area (Å²) in [6.07, 6.45) is 2.78. The standard InChI is InChI=1S/C21H24N4O4/c1-11(2)25-19-16(10-22-25)15(20(26)24-7-5-6-18(24)21(27)28)9-17(23-19)14-8-12(3)29-13(14)4/h8-11,18H,5-7H2,1-4H3,(H,27,28). The first-order valence-electron chi connectivity index (χ1n) is 9.77. The van der Waals surface area contributed by atoms with Crippen LogP contribution in [0.15, 0.2) is 22.7 Å². The molecule has 1 saturated heterocycles. The fourth-order valence-corrected chi connectivity index (χ4v) is 4.02. The number of hydrogen-bond acceptors (Lipinski definition) is 5. The molecule has 8 heteroatoms. The molecule has 3 aromatic rings. The maximum absolute atomic E-state index is 13.4. The number of carbonyl (C=O) groups excluding carboxylic acids is 1. The van der Waals surface area contributed by atoms with Gasteiger partial charge in [0.15, 0.2) is 5.65 Å². The van der Waals surface area contributed by atoms with Crippen molar-refractivity contribution in [3.63, 3.8) is 0 Å². The molecule has 0 aliphatic carbocycles. The maximum Gasteiger partial charge on any atom is 0.326 e. The first kappa shape index (κ1) is 19.2.